The molecule has 14 heteroatoms. The average molecular weight is 873 g/mol. The molecule has 2 aromatic heterocycles. The number of thiophene rings is 2. The number of rotatable bonds is 15. The lowest BCUT2D eigenvalue weighted by atomic mass is 10.1. The van der Waals surface area contributed by atoms with Crippen LogP contribution in [-0.4, -0.2) is 46.3 Å². The fourth-order valence-electron chi connectivity index (χ4n) is 3.77. The van der Waals surface area contributed by atoms with Crippen LogP contribution >= 0.6 is 91.7 Å². The monoisotopic (exact) mass is 871 g/mol. The van der Waals surface area contributed by atoms with E-state index >= 15 is 0 Å². The lowest BCUT2D eigenvalue weighted by molar-refractivity contribution is -0.134. The quantitative estimate of drug-likeness (QED) is 0.0621. The highest BCUT2D eigenvalue weighted by Crippen LogP contribution is 2.35. The summed E-state index contributed by atoms with van der Waals surface area (Å²) in [5, 5.41) is 25.4. The number of alkyl halides is 1. The smallest absolute Gasteiger partial charge is 0.328 e. The van der Waals surface area contributed by atoms with Crippen molar-refractivity contribution in [2.45, 2.75) is 37.9 Å². The number of ether oxygens (including phenoxy) is 2. The second-order valence-corrected chi connectivity index (χ2v) is 14.3. The molecule has 2 atom stereocenters. The number of carbonyl (C=O) groups is 2. The van der Waals surface area contributed by atoms with Gasteiger partial charge in [-0.15, -0.1) is 22.7 Å². The Morgan fingerprint density at radius 1 is 0.851 bits per heavy atom. The van der Waals surface area contributed by atoms with Crippen molar-refractivity contribution in [2.75, 3.05) is 18.0 Å². The van der Waals surface area contributed by atoms with E-state index in [0.29, 0.717) is 43.7 Å². The van der Waals surface area contributed by atoms with E-state index in [1.54, 1.807) is 59.1 Å². The van der Waals surface area contributed by atoms with Crippen LogP contribution in [0.1, 0.15) is 35.1 Å². The van der Waals surface area contributed by atoms with Crippen molar-refractivity contribution in [1.29, 1.82) is 0 Å². The summed E-state index contributed by atoms with van der Waals surface area (Å²) in [5.74, 6) is -1.21. The van der Waals surface area contributed by atoms with E-state index < -0.39 is 11.9 Å². The first kappa shape index (κ1) is 41.1. The Morgan fingerprint density at radius 3 is 1.91 bits per heavy atom. The van der Waals surface area contributed by atoms with Gasteiger partial charge in [-0.1, -0.05) is 81.1 Å². The van der Waals surface area contributed by atoms with Crippen molar-refractivity contribution < 1.29 is 29.3 Å². The van der Waals surface area contributed by atoms with Gasteiger partial charge in [0.15, 0.2) is 0 Å². The van der Waals surface area contributed by atoms with Crippen LogP contribution in [0.3, 0.4) is 0 Å². The number of benzene rings is 2. The van der Waals surface area contributed by atoms with Crippen LogP contribution in [0.15, 0.2) is 83.6 Å². The zero-order chi connectivity index (χ0) is 34.6. The van der Waals surface area contributed by atoms with Crippen molar-refractivity contribution in [3.05, 3.63) is 113 Å². The van der Waals surface area contributed by atoms with Crippen LogP contribution in [0.2, 0.25) is 20.1 Å². The minimum atomic E-state index is -1.26. The number of aliphatic carboxylic acids is 2. The standard InChI is InChI=1S/C15H17Cl2NOS.C14H13Cl2IOS.C4H4O4/c1-18-7-6-12(10-13-3-2-8-20-13)19-15-9-11(16)4-5-14(15)17;15-10-5-6-11(16)13(9-10)18-12(3-1-7-17)14-4-2-8-19-14;5-3(6)1-2-4(7)8/h2-5,8-9,12,18H,6-7,10H2,1H3;2,4-6,8-9,12H,1,3,7H2;1-2H,(H,5,6)(H,7,8)/b;;2-1+. The van der Waals surface area contributed by atoms with E-state index in [9.17, 15) is 9.59 Å². The first-order chi connectivity index (χ1) is 22.5. The summed E-state index contributed by atoms with van der Waals surface area (Å²) in [6, 6.07) is 18.9. The molecule has 7 nitrogen and oxygen atoms in total. The molecule has 0 bridgehead atoms. The summed E-state index contributed by atoms with van der Waals surface area (Å²) in [6.07, 6.45) is 5.13. The Hall–Kier alpha value is -2.03. The first-order valence-electron chi connectivity index (χ1n) is 14.2. The van der Waals surface area contributed by atoms with Crippen molar-refractivity contribution >= 4 is 104 Å². The minimum Gasteiger partial charge on any atom is -0.488 e. The van der Waals surface area contributed by atoms with Gasteiger partial charge in [0.1, 0.15) is 23.7 Å². The molecule has 2 unspecified atom stereocenters. The molecule has 0 aliphatic heterocycles. The van der Waals surface area contributed by atoms with Crippen LogP contribution in [0, 0.1) is 0 Å². The van der Waals surface area contributed by atoms with Gasteiger partial charge in [-0.05, 0) is 84.4 Å². The Morgan fingerprint density at radius 2 is 1.43 bits per heavy atom. The van der Waals surface area contributed by atoms with E-state index in [4.69, 9.17) is 66.1 Å². The zero-order valence-corrected chi connectivity index (χ0v) is 32.0. The molecule has 47 heavy (non-hydrogen) atoms. The van der Waals surface area contributed by atoms with Crippen LogP contribution in [-0.2, 0) is 16.0 Å². The van der Waals surface area contributed by atoms with Crippen LogP contribution in [0.25, 0.3) is 0 Å². The summed E-state index contributed by atoms with van der Waals surface area (Å²) in [6.45, 7) is 0.897. The third kappa shape index (κ3) is 17.3. The number of hydrogen-bond acceptors (Lipinski definition) is 7. The predicted molar refractivity (Wildman–Crippen MR) is 204 cm³/mol. The molecular weight excluding hydrogens is 839 g/mol. The molecule has 2 aromatic carbocycles. The van der Waals surface area contributed by atoms with Gasteiger partial charge >= 0.3 is 11.9 Å². The maximum atomic E-state index is 9.55. The lowest BCUT2D eigenvalue weighted by Crippen LogP contribution is -2.24. The second-order valence-electron chi connectivity index (χ2n) is 9.53. The molecule has 0 fully saturated rings. The first-order valence-corrected chi connectivity index (χ1v) is 19.0. The Kier molecular flexibility index (Phi) is 20.4. The number of carboxylic acids is 2. The number of halogens is 5. The molecule has 2 heterocycles. The summed E-state index contributed by atoms with van der Waals surface area (Å²) >= 11 is 30.1. The highest BCUT2D eigenvalue weighted by atomic mass is 127. The van der Waals surface area contributed by atoms with Crippen molar-refractivity contribution in [1.82, 2.24) is 5.32 Å². The van der Waals surface area contributed by atoms with E-state index in [2.05, 4.69) is 56.9 Å². The van der Waals surface area contributed by atoms with Crippen molar-refractivity contribution in [2.24, 2.45) is 0 Å². The fraction of sp³-hybridized carbons (Fsp3) is 0.273. The Balaban J connectivity index is 0.000000267. The SMILES string of the molecule is CNCCC(Cc1cccs1)Oc1cc(Cl)ccc1Cl.Clc1ccc(Cl)c(OC(CCCI)c2cccs2)c1.O=C(O)/C=C/C(=O)O. The van der Waals surface area contributed by atoms with Crippen molar-refractivity contribution in [3.8, 4) is 11.5 Å². The molecular formula is C33H34Cl4INO6S2. The van der Waals surface area contributed by atoms with Gasteiger partial charge in [0.2, 0.25) is 0 Å². The predicted octanol–water partition coefficient (Wildman–Crippen LogP) is 10.8. The van der Waals surface area contributed by atoms with Crippen LogP contribution in [0.4, 0.5) is 0 Å². The van der Waals surface area contributed by atoms with Gasteiger partial charge in [-0.25, -0.2) is 9.59 Å². The van der Waals surface area contributed by atoms with Gasteiger partial charge in [0, 0.05) is 50.5 Å². The molecule has 0 saturated heterocycles. The van der Waals surface area contributed by atoms with E-state index in [1.807, 2.05) is 13.1 Å². The molecule has 0 aliphatic rings. The highest BCUT2D eigenvalue weighted by Gasteiger charge is 2.17. The highest BCUT2D eigenvalue weighted by molar-refractivity contribution is 14.1. The average Bonchev–Trinajstić information content (AvgIpc) is 3.76. The largest absolute Gasteiger partial charge is 0.488 e. The number of hydrogen-bond donors (Lipinski definition) is 3. The maximum Gasteiger partial charge on any atom is 0.328 e. The molecule has 0 radical (unpaired) electrons. The van der Waals surface area contributed by atoms with Crippen LogP contribution < -0.4 is 14.8 Å². The second kappa shape index (κ2) is 23.3. The third-order valence-electron chi connectivity index (χ3n) is 5.90. The number of carboxylic acid groups (broad SMARTS) is 2. The minimum absolute atomic E-state index is 0.0470. The molecule has 0 saturated carbocycles. The van der Waals surface area contributed by atoms with Gasteiger partial charge < -0.3 is 25.0 Å². The lowest BCUT2D eigenvalue weighted by Gasteiger charge is -2.19. The summed E-state index contributed by atoms with van der Waals surface area (Å²) in [4.78, 5) is 21.6. The van der Waals surface area contributed by atoms with Crippen LogP contribution in [0.5, 0.6) is 11.5 Å². The molecule has 254 valence electrons. The molecule has 4 rings (SSSR count). The van der Waals surface area contributed by atoms with Gasteiger partial charge in [-0.3, -0.25) is 0 Å². The van der Waals surface area contributed by atoms with Gasteiger partial charge in [0.25, 0.3) is 0 Å². The molecule has 0 spiro atoms. The third-order valence-corrected chi connectivity index (χ3v) is 9.62. The summed E-state index contributed by atoms with van der Waals surface area (Å²) in [7, 11) is 1.94. The fourth-order valence-corrected chi connectivity index (χ4v) is 6.42. The van der Waals surface area contributed by atoms with Crippen molar-refractivity contribution in [3.63, 3.8) is 0 Å². The summed E-state index contributed by atoms with van der Waals surface area (Å²) in [5.41, 5.74) is 0. The van der Waals surface area contributed by atoms with E-state index in [-0.39, 0.29) is 12.2 Å². The molecule has 0 amide bonds. The Bertz CT molecular complexity index is 1510. The number of nitrogens with one attached hydrogen (secondary N) is 1. The van der Waals surface area contributed by atoms with E-state index in [0.717, 1.165) is 36.7 Å². The molecule has 4 aromatic rings. The van der Waals surface area contributed by atoms with E-state index in [1.165, 1.54) is 9.75 Å². The Labute approximate surface area is 316 Å². The summed E-state index contributed by atoms with van der Waals surface area (Å²) < 4.78 is 13.2. The molecule has 0 aliphatic carbocycles. The normalized spacial score (nSPS) is 11.9. The maximum absolute atomic E-state index is 9.55. The zero-order valence-electron chi connectivity index (χ0n) is 25.2. The van der Waals surface area contributed by atoms with Gasteiger partial charge in [-0.2, -0.15) is 0 Å². The van der Waals surface area contributed by atoms with Gasteiger partial charge in [0.05, 0.1) is 10.0 Å². The topological polar surface area (TPSA) is 105 Å². The molecule has 3 N–H and O–H groups in total.